The molecule has 1 aromatic carbocycles. The van der Waals surface area contributed by atoms with Crippen molar-refractivity contribution < 1.29 is 4.79 Å². The van der Waals surface area contributed by atoms with E-state index < -0.39 is 0 Å². The highest BCUT2D eigenvalue weighted by Gasteiger charge is 2.29. The number of aryl methyl sites for hydroxylation is 1. The molecule has 0 radical (unpaired) electrons. The molecule has 0 aliphatic heterocycles. The molecule has 5 heteroatoms. The summed E-state index contributed by atoms with van der Waals surface area (Å²) >= 11 is 3.54. The van der Waals surface area contributed by atoms with Crippen LogP contribution in [0.15, 0.2) is 24.3 Å². The molecular weight excluding hydrogens is 318 g/mol. The molecule has 0 saturated heterocycles. The van der Waals surface area contributed by atoms with Gasteiger partial charge in [-0.15, -0.1) is 0 Å². The third kappa shape index (κ3) is 2.35. The normalized spacial score (nSPS) is 22.3. The number of aromatic nitrogens is 2. The second-order valence-electron chi connectivity index (χ2n) is 5.41. The summed E-state index contributed by atoms with van der Waals surface area (Å²) < 4.78 is 1.76. The Bertz CT molecular complexity index is 637. The smallest absolute Gasteiger partial charge is 0.272 e. The second-order valence-corrected chi connectivity index (χ2v) is 6.06. The average Bonchev–Trinajstić information content (AvgIpc) is 3.04. The Balaban J connectivity index is 1.86. The van der Waals surface area contributed by atoms with Crippen LogP contribution in [0.3, 0.4) is 0 Å². The molecule has 0 spiro atoms. The van der Waals surface area contributed by atoms with Gasteiger partial charge < -0.3 is 5.32 Å². The lowest BCUT2D eigenvalue weighted by Crippen LogP contribution is -2.38. The molecule has 1 fully saturated rings. The number of benzene rings is 1. The first-order chi connectivity index (χ1) is 9.70. The van der Waals surface area contributed by atoms with E-state index in [0.29, 0.717) is 11.6 Å². The monoisotopic (exact) mass is 335 g/mol. The van der Waals surface area contributed by atoms with E-state index in [9.17, 15) is 4.79 Å². The van der Waals surface area contributed by atoms with Crippen molar-refractivity contribution in [2.45, 2.75) is 25.3 Å². The highest BCUT2D eigenvalue weighted by Crippen LogP contribution is 2.27. The number of para-hydroxylation sites is 1. The van der Waals surface area contributed by atoms with Crippen LogP contribution >= 0.6 is 15.9 Å². The van der Waals surface area contributed by atoms with Gasteiger partial charge in [0.05, 0.1) is 5.52 Å². The number of nitrogens with zero attached hydrogens (tertiary/aromatic N) is 2. The molecule has 0 bridgehead atoms. The first kappa shape index (κ1) is 13.6. The molecule has 4 nitrogen and oxygen atoms in total. The van der Waals surface area contributed by atoms with E-state index in [4.69, 9.17) is 0 Å². The summed E-state index contributed by atoms with van der Waals surface area (Å²) in [6.07, 6.45) is 3.43. The maximum atomic E-state index is 12.5. The number of amides is 1. The van der Waals surface area contributed by atoms with Crippen LogP contribution in [0.4, 0.5) is 0 Å². The lowest BCUT2D eigenvalue weighted by atomic mass is 10.1. The van der Waals surface area contributed by atoms with Crippen LogP contribution in [0.25, 0.3) is 10.9 Å². The Morgan fingerprint density at radius 3 is 3.05 bits per heavy atom. The van der Waals surface area contributed by atoms with E-state index in [1.165, 1.54) is 12.8 Å². The number of carbonyl (C=O) groups is 1. The van der Waals surface area contributed by atoms with Gasteiger partial charge in [-0.05, 0) is 24.8 Å². The molecule has 1 amide bonds. The molecule has 2 aromatic rings. The second kappa shape index (κ2) is 5.56. The zero-order valence-electron chi connectivity index (χ0n) is 11.5. The van der Waals surface area contributed by atoms with Crippen molar-refractivity contribution in [3.05, 3.63) is 30.0 Å². The molecule has 1 aliphatic rings. The van der Waals surface area contributed by atoms with Gasteiger partial charge in [0.1, 0.15) is 0 Å². The molecule has 2 atom stereocenters. The SMILES string of the molecule is Cn1nc(C(=O)NC2CCCC2CBr)c2ccccc21. The van der Waals surface area contributed by atoms with Crippen LogP contribution in [0.2, 0.25) is 0 Å². The molecule has 1 heterocycles. The van der Waals surface area contributed by atoms with E-state index in [1.54, 1.807) is 4.68 Å². The van der Waals surface area contributed by atoms with Gasteiger partial charge in [0.2, 0.25) is 0 Å². The average molecular weight is 336 g/mol. The Labute approximate surface area is 126 Å². The van der Waals surface area contributed by atoms with E-state index in [1.807, 2.05) is 31.3 Å². The van der Waals surface area contributed by atoms with E-state index in [-0.39, 0.29) is 11.9 Å². The van der Waals surface area contributed by atoms with Crippen molar-refractivity contribution in [2.75, 3.05) is 5.33 Å². The van der Waals surface area contributed by atoms with Crippen LogP contribution in [0, 0.1) is 5.92 Å². The fourth-order valence-corrected chi connectivity index (χ4v) is 3.80. The maximum absolute atomic E-state index is 12.5. The van der Waals surface area contributed by atoms with Crippen molar-refractivity contribution in [1.82, 2.24) is 15.1 Å². The number of rotatable bonds is 3. The van der Waals surface area contributed by atoms with Gasteiger partial charge in [0.15, 0.2) is 5.69 Å². The van der Waals surface area contributed by atoms with Crippen molar-refractivity contribution in [1.29, 1.82) is 0 Å². The quantitative estimate of drug-likeness (QED) is 0.876. The lowest BCUT2D eigenvalue weighted by Gasteiger charge is -2.18. The summed E-state index contributed by atoms with van der Waals surface area (Å²) in [6.45, 7) is 0. The Morgan fingerprint density at radius 2 is 2.25 bits per heavy atom. The van der Waals surface area contributed by atoms with Crippen molar-refractivity contribution in [2.24, 2.45) is 13.0 Å². The van der Waals surface area contributed by atoms with E-state index in [0.717, 1.165) is 22.7 Å². The third-order valence-electron chi connectivity index (χ3n) is 4.15. The maximum Gasteiger partial charge on any atom is 0.272 e. The van der Waals surface area contributed by atoms with Crippen LogP contribution in [0.1, 0.15) is 29.8 Å². The minimum absolute atomic E-state index is 0.0559. The molecule has 3 rings (SSSR count). The number of hydrogen-bond acceptors (Lipinski definition) is 2. The van der Waals surface area contributed by atoms with Gasteiger partial charge in [0, 0.05) is 23.8 Å². The fraction of sp³-hybridized carbons (Fsp3) is 0.467. The number of fused-ring (bicyclic) bond motifs is 1. The number of alkyl halides is 1. The van der Waals surface area contributed by atoms with Gasteiger partial charge in [-0.1, -0.05) is 40.5 Å². The fourth-order valence-electron chi connectivity index (χ4n) is 3.03. The van der Waals surface area contributed by atoms with Crippen molar-refractivity contribution >= 4 is 32.7 Å². The highest BCUT2D eigenvalue weighted by molar-refractivity contribution is 9.09. The predicted molar refractivity (Wildman–Crippen MR) is 83.1 cm³/mol. The molecule has 1 saturated carbocycles. The molecule has 20 heavy (non-hydrogen) atoms. The topological polar surface area (TPSA) is 46.9 Å². The molecular formula is C15H18BrN3O. The van der Waals surface area contributed by atoms with Crippen LogP contribution in [0.5, 0.6) is 0 Å². The summed E-state index contributed by atoms with van der Waals surface area (Å²) in [5.74, 6) is 0.480. The van der Waals surface area contributed by atoms with Gasteiger partial charge in [-0.3, -0.25) is 9.48 Å². The van der Waals surface area contributed by atoms with Crippen LogP contribution < -0.4 is 5.32 Å². The molecule has 1 aromatic heterocycles. The summed E-state index contributed by atoms with van der Waals surface area (Å²) in [7, 11) is 1.87. The predicted octanol–water partition coefficient (Wildman–Crippen LogP) is 2.87. The summed E-state index contributed by atoms with van der Waals surface area (Å²) in [4.78, 5) is 12.5. The molecule has 106 valence electrons. The zero-order valence-corrected chi connectivity index (χ0v) is 13.1. The van der Waals surface area contributed by atoms with Crippen molar-refractivity contribution in [3.63, 3.8) is 0 Å². The van der Waals surface area contributed by atoms with Crippen LogP contribution in [-0.2, 0) is 7.05 Å². The summed E-state index contributed by atoms with van der Waals surface area (Å²) in [5, 5.41) is 9.40. The number of nitrogens with one attached hydrogen (secondary N) is 1. The lowest BCUT2D eigenvalue weighted by molar-refractivity contribution is 0.0926. The number of halogens is 1. The zero-order chi connectivity index (χ0) is 14.1. The number of carbonyl (C=O) groups excluding carboxylic acids is 1. The first-order valence-electron chi connectivity index (χ1n) is 6.99. The Kier molecular flexibility index (Phi) is 3.78. The number of hydrogen-bond donors (Lipinski definition) is 1. The van der Waals surface area contributed by atoms with Gasteiger partial charge in [0.25, 0.3) is 5.91 Å². The molecule has 1 aliphatic carbocycles. The van der Waals surface area contributed by atoms with E-state index in [2.05, 4.69) is 26.3 Å². The minimum atomic E-state index is -0.0559. The molecule has 1 N–H and O–H groups in total. The van der Waals surface area contributed by atoms with Gasteiger partial charge >= 0.3 is 0 Å². The minimum Gasteiger partial charge on any atom is -0.348 e. The summed E-state index contributed by atoms with van der Waals surface area (Å²) in [5.41, 5.74) is 1.52. The molecule has 2 unspecified atom stereocenters. The van der Waals surface area contributed by atoms with Gasteiger partial charge in [-0.2, -0.15) is 5.10 Å². The Morgan fingerprint density at radius 1 is 1.45 bits per heavy atom. The van der Waals surface area contributed by atoms with Crippen molar-refractivity contribution in [3.8, 4) is 0 Å². The summed E-state index contributed by atoms with van der Waals surface area (Å²) in [6, 6.07) is 8.10. The van der Waals surface area contributed by atoms with Gasteiger partial charge in [-0.25, -0.2) is 0 Å². The standard InChI is InChI=1S/C15H18BrN3O/c1-19-13-8-3-2-6-11(13)14(18-19)15(20)17-12-7-4-5-10(12)9-16/h2-3,6,8,10,12H,4-5,7,9H2,1H3,(H,17,20). The first-order valence-corrected chi connectivity index (χ1v) is 8.11. The highest BCUT2D eigenvalue weighted by atomic mass is 79.9. The Hall–Kier alpha value is -1.36. The van der Waals surface area contributed by atoms with E-state index >= 15 is 0 Å². The largest absolute Gasteiger partial charge is 0.348 e. The third-order valence-corrected chi connectivity index (χ3v) is 4.98. The van der Waals surface area contributed by atoms with Crippen LogP contribution in [-0.4, -0.2) is 27.1 Å².